The molecule has 0 radical (unpaired) electrons. The molecule has 0 saturated heterocycles. The van der Waals surface area contributed by atoms with Crippen LogP contribution in [0.25, 0.3) is 0 Å². The lowest BCUT2D eigenvalue weighted by atomic mass is 10.3. The monoisotopic (exact) mass is 458 g/mol. The Morgan fingerprint density at radius 3 is 1.54 bits per heavy atom. The SMILES string of the molecule is CC(Oc1cccc(Cl)c1Cl)OP(O)OC(C)Oc1cccc(Cl)c1Cl. The molecular formula is C16H15Cl4O5P. The van der Waals surface area contributed by atoms with Crippen LogP contribution in [0.4, 0.5) is 0 Å². The van der Waals surface area contributed by atoms with E-state index in [9.17, 15) is 4.89 Å². The van der Waals surface area contributed by atoms with Gasteiger partial charge >= 0.3 is 8.60 Å². The second-order valence-electron chi connectivity index (χ2n) is 4.92. The molecule has 1 N–H and O–H groups in total. The van der Waals surface area contributed by atoms with Crippen molar-refractivity contribution in [1.82, 2.24) is 0 Å². The van der Waals surface area contributed by atoms with E-state index >= 15 is 0 Å². The van der Waals surface area contributed by atoms with Crippen LogP contribution >= 0.6 is 55.0 Å². The average molecular weight is 460 g/mol. The molecule has 0 fully saturated rings. The van der Waals surface area contributed by atoms with Crippen LogP contribution in [0.3, 0.4) is 0 Å². The van der Waals surface area contributed by atoms with Gasteiger partial charge in [0.2, 0.25) is 12.6 Å². The number of hydrogen-bond donors (Lipinski definition) is 1. The van der Waals surface area contributed by atoms with Crippen LogP contribution in [0.15, 0.2) is 36.4 Å². The molecule has 0 saturated carbocycles. The van der Waals surface area contributed by atoms with Crippen LogP contribution in [-0.2, 0) is 9.05 Å². The number of ether oxygens (including phenoxy) is 2. The van der Waals surface area contributed by atoms with E-state index in [1.807, 2.05) is 0 Å². The highest BCUT2D eigenvalue weighted by molar-refractivity contribution is 7.40. The lowest BCUT2D eigenvalue weighted by Gasteiger charge is -2.22. The molecule has 26 heavy (non-hydrogen) atoms. The number of rotatable bonds is 8. The maximum absolute atomic E-state index is 9.94. The summed E-state index contributed by atoms with van der Waals surface area (Å²) in [4.78, 5) is 9.94. The van der Waals surface area contributed by atoms with Gasteiger partial charge in [0.1, 0.15) is 21.5 Å². The Morgan fingerprint density at radius 2 is 1.15 bits per heavy atom. The number of halogens is 4. The second kappa shape index (κ2) is 10.2. The molecule has 2 aromatic carbocycles. The van der Waals surface area contributed by atoms with Crippen molar-refractivity contribution >= 4 is 55.0 Å². The molecule has 0 aliphatic carbocycles. The Hall–Kier alpha value is -0.490. The molecule has 5 nitrogen and oxygen atoms in total. The van der Waals surface area contributed by atoms with Gasteiger partial charge in [-0.3, -0.25) is 9.05 Å². The molecule has 0 aromatic heterocycles. The third-order valence-corrected chi connectivity index (χ3v) is 5.45. The lowest BCUT2D eigenvalue weighted by Crippen LogP contribution is -2.18. The fourth-order valence-corrected chi connectivity index (χ4v) is 3.15. The maximum atomic E-state index is 9.94. The minimum atomic E-state index is -2.29. The first kappa shape index (κ1) is 21.8. The van der Waals surface area contributed by atoms with Crippen molar-refractivity contribution in [3.8, 4) is 11.5 Å². The van der Waals surface area contributed by atoms with Crippen LogP contribution in [0.2, 0.25) is 20.1 Å². The third kappa shape index (κ3) is 6.29. The first-order valence-corrected chi connectivity index (χ1v) is 9.96. The van der Waals surface area contributed by atoms with E-state index in [-0.39, 0.29) is 10.0 Å². The number of benzene rings is 2. The predicted octanol–water partition coefficient (Wildman–Crippen LogP) is 6.70. The normalized spacial score (nSPS) is 14.6. The van der Waals surface area contributed by atoms with Gasteiger partial charge in [-0.25, -0.2) is 0 Å². The molecule has 0 heterocycles. The van der Waals surface area contributed by atoms with Crippen LogP contribution in [-0.4, -0.2) is 17.5 Å². The van der Waals surface area contributed by atoms with Crippen molar-refractivity contribution in [2.45, 2.75) is 26.4 Å². The fourth-order valence-electron chi connectivity index (χ4n) is 1.83. The molecular weight excluding hydrogens is 445 g/mol. The highest BCUT2D eigenvalue weighted by Gasteiger charge is 2.20. The Bertz CT molecular complexity index is 687. The Morgan fingerprint density at radius 1 is 0.769 bits per heavy atom. The molecule has 142 valence electrons. The van der Waals surface area contributed by atoms with Gasteiger partial charge in [0.15, 0.2) is 0 Å². The largest absolute Gasteiger partial charge is 0.463 e. The maximum Gasteiger partial charge on any atom is 0.336 e. The first-order valence-electron chi connectivity index (χ1n) is 7.31. The average Bonchev–Trinajstić information content (AvgIpc) is 2.56. The summed E-state index contributed by atoms with van der Waals surface area (Å²) in [5.74, 6) is 0.648. The van der Waals surface area contributed by atoms with E-state index in [4.69, 9.17) is 64.9 Å². The van der Waals surface area contributed by atoms with Gasteiger partial charge in [0.05, 0.1) is 10.0 Å². The highest BCUT2D eigenvalue weighted by atomic mass is 35.5. The minimum absolute atomic E-state index is 0.250. The summed E-state index contributed by atoms with van der Waals surface area (Å²) in [7, 11) is -2.29. The smallest absolute Gasteiger partial charge is 0.336 e. The van der Waals surface area contributed by atoms with Gasteiger partial charge in [-0.2, -0.15) is 0 Å². The quantitative estimate of drug-likeness (QED) is 0.351. The molecule has 2 atom stereocenters. The molecule has 2 unspecified atom stereocenters. The summed E-state index contributed by atoms with van der Waals surface area (Å²) < 4.78 is 21.5. The molecule has 10 heteroatoms. The van der Waals surface area contributed by atoms with Gasteiger partial charge in [-0.05, 0) is 38.1 Å². The van der Waals surface area contributed by atoms with Crippen molar-refractivity contribution in [3.63, 3.8) is 0 Å². The van der Waals surface area contributed by atoms with E-state index < -0.39 is 21.2 Å². The van der Waals surface area contributed by atoms with E-state index in [0.29, 0.717) is 21.5 Å². The third-order valence-electron chi connectivity index (χ3n) is 2.90. The van der Waals surface area contributed by atoms with Crippen molar-refractivity contribution in [2.75, 3.05) is 0 Å². The zero-order valence-corrected chi connectivity index (χ0v) is 17.6. The van der Waals surface area contributed by atoms with E-state index in [2.05, 4.69) is 0 Å². The zero-order chi connectivity index (χ0) is 19.3. The second-order valence-corrected chi connectivity index (χ2v) is 7.39. The van der Waals surface area contributed by atoms with Gasteiger partial charge in [0.25, 0.3) is 0 Å². The van der Waals surface area contributed by atoms with E-state index in [1.165, 1.54) is 0 Å². The summed E-state index contributed by atoms with van der Waals surface area (Å²) in [6.07, 6.45) is -1.69. The van der Waals surface area contributed by atoms with E-state index in [0.717, 1.165) is 0 Å². The van der Waals surface area contributed by atoms with E-state index in [1.54, 1.807) is 50.2 Å². The summed E-state index contributed by atoms with van der Waals surface area (Å²) in [6.45, 7) is 3.15. The van der Waals surface area contributed by atoms with Crippen molar-refractivity contribution in [2.24, 2.45) is 0 Å². The first-order chi connectivity index (χ1) is 12.3. The Labute approximate surface area is 172 Å². The van der Waals surface area contributed by atoms with Crippen molar-refractivity contribution in [3.05, 3.63) is 56.5 Å². The minimum Gasteiger partial charge on any atom is -0.463 e. The summed E-state index contributed by atoms with van der Waals surface area (Å²) in [6, 6.07) is 9.87. The van der Waals surface area contributed by atoms with Gasteiger partial charge in [-0.1, -0.05) is 58.5 Å². The molecule has 2 aromatic rings. The summed E-state index contributed by atoms with van der Waals surface area (Å²) >= 11 is 23.9. The molecule has 0 aliphatic rings. The van der Waals surface area contributed by atoms with Crippen molar-refractivity contribution < 1.29 is 23.4 Å². The zero-order valence-electron chi connectivity index (χ0n) is 13.7. The summed E-state index contributed by atoms with van der Waals surface area (Å²) in [5, 5.41) is 1.19. The fraction of sp³-hybridized carbons (Fsp3) is 0.250. The Balaban J connectivity index is 1.86. The van der Waals surface area contributed by atoms with Crippen LogP contribution < -0.4 is 9.47 Å². The lowest BCUT2D eigenvalue weighted by molar-refractivity contribution is -0.0320. The van der Waals surface area contributed by atoms with Crippen LogP contribution in [0.1, 0.15) is 13.8 Å². The van der Waals surface area contributed by atoms with Gasteiger partial charge in [0, 0.05) is 0 Å². The molecule has 0 aliphatic heterocycles. The standard InChI is InChI=1S/C16H15Cl4O5P/c1-9(22-13-7-3-5-11(17)15(13)19)24-26(21)25-10(2)23-14-8-4-6-12(18)16(14)20/h3-10,21H,1-2H3. The van der Waals surface area contributed by atoms with Gasteiger partial charge in [-0.15, -0.1) is 0 Å². The molecule has 0 spiro atoms. The Kier molecular flexibility index (Phi) is 8.52. The van der Waals surface area contributed by atoms with Crippen LogP contribution in [0.5, 0.6) is 11.5 Å². The molecule has 2 rings (SSSR count). The molecule has 0 bridgehead atoms. The topological polar surface area (TPSA) is 57.2 Å². The highest BCUT2D eigenvalue weighted by Crippen LogP contribution is 2.39. The van der Waals surface area contributed by atoms with Gasteiger partial charge < -0.3 is 14.4 Å². The summed E-state index contributed by atoms with van der Waals surface area (Å²) in [5.41, 5.74) is 0. The van der Waals surface area contributed by atoms with Crippen LogP contribution in [0, 0.1) is 0 Å². The van der Waals surface area contributed by atoms with Crippen molar-refractivity contribution in [1.29, 1.82) is 0 Å². The molecule has 0 amide bonds. The number of hydrogen-bond acceptors (Lipinski definition) is 5. The predicted molar refractivity (Wildman–Crippen MR) is 104 cm³/mol.